The summed E-state index contributed by atoms with van der Waals surface area (Å²) < 4.78 is 13.4. The first-order valence-corrected chi connectivity index (χ1v) is 3.68. The Bertz CT molecular complexity index is 212. The number of carbonyl (C=O) groups excluding carboxylic acids is 3. The molecule has 0 saturated carbocycles. The zero-order valence-electron chi connectivity index (χ0n) is 7.38. The SMILES string of the molecule is C=CC(=O)OCC(COC=O)OC=O. The number of carbonyl (C=O) groups is 3. The summed E-state index contributed by atoms with van der Waals surface area (Å²) in [7, 11) is 0. The van der Waals surface area contributed by atoms with E-state index in [9.17, 15) is 14.4 Å². The molecular weight excluding hydrogens is 192 g/mol. The van der Waals surface area contributed by atoms with Gasteiger partial charge in [0.2, 0.25) is 0 Å². The highest BCUT2D eigenvalue weighted by Gasteiger charge is 2.11. The molecule has 0 fully saturated rings. The molecule has 1 atom stereocenters. The Kier molecular flexibility index (Phi) is 6.75. The highest BCUT2D eigenvalue weighted by atomic mass is 16.6. The van der Waals surface area contributed by atoms with Crippen molar-refractivity contribution in [2.75, 3.05) is 13.2 Å². The van der Waals surface area contributed by atoms with Crippen molar-refractivity contribution in [2.24, 2.45) is 0 Å². The fourth-order valence-corrected chi connectivity index (χ4v) is 0.586. The summed E-state index contributed by atoms with van der Waals surface area (Å²) in [5.41, 5.74) is 0. The summed E-state index contributed by atoms with van der Waals surface area (Å²) in [5, 5.41) is 0. The van der Waals surface area contributed by atoms with E-state index < -0.39 is 12.1 Å². The van der Waals surface area contributed by atoms with Crippen molar-refractivity contribution in [1.82, 2.24) is 0 Å². The molecule has 6 heteroatoms. The molecule has 0 amide bonds. The number of ether oxygens (including phenoxy) is 3. The topological polar surface area (TPSA) is 78.9 Å². The lowest BCUT2D eigenvalue weighted by Gasteiger charge is -2.12. The third-order valence-corrected chi connectivity index (χ3v) is 1.18. The molecule has 0 aliphatic heterocycles. The van der Waals surface area contributed by atoms with E-state index in [1.165, 1.54) is 0 Å². The summed E-state index contributed by atoms with van der Waals surface area (Å²) in [6, 6.07) is 0. The fourth-order valence-electron chi connectivity index (χ4n) is 0.586. The molecule has 0 radical (unpaired) electrons. The molecular formula is C8H10O6. The van der Waals surface area contributed by atoms with Crippen LogP contribution in [0.15, 0.2) is 12.7 Å². The third kappa shape index (κ3) is 5.76. The van der Waals surface area contributed by atoms with Crippen LogP contribution in [-0.2, 0) is 28.6 Å². The van der Waals surface area contributed by atoms with Gasteiger partial charge in [-0.05, 0) is 0 Å². The summed E-state index contributed by atoms with van der Waals surface area (Å²) in [5.74, 6) is -0.643. The average molecular weight is 202 g/mol. The van der Waals surface area contributed by atoms with Gasteiger partial charge >= 0.3 is 5.97 Å². The highest BCUT2D eigenvalue weighted by Crippen LogP contribution is 1.93. The van der Waals surface area contributed by atoms with E-state index in [1.54, 1.807) is 0 Å². The Balaban J connectivity index is 3.81. The molecule has 0 saturated heterocycles. The van der Waals surface area contributed by atoms with Crippen LogP contribution in [-0.4, -0.2) is 38.2 Å². The Morgan fingerprint density at radius 1 is 1.29 bits per heavy atom. The van der Waals surface area contributed by atoms with Crippen LogP contribution in [0.5, 0.6) is 0 Å². The van der Waals surface area contributed by atoms with Gasteiger partial charge in [-0.2, -0.15) is 0 Å². The molecule has 0 aromatic rings. The minimum Gasteiger partial charge on any atom is -0.464 e. The number of hydrogen-bond acceptors (Lipinski definition) is 6. The van der Waals surface area contributed by atoms with Gasteiger partial charge in [-0.25, -0.2) is 4.79 Å². The van der Waals surface area contributed by atoms with Crippen LogP contribution in [0, 0.1) is 0 Å². The van der Waals surface area contributed by atoms with E-state index in [4.69, 9.17) is 0 Å². The van der Waals surface area contributed by atoms with Crippen LogP contribution >= 0.6 is 0 Å². The van der Waals surface area contributed by atoms with Gasteiger partial charge in [0.05, 0.1) is 0 Å². The maximum atomic E-state index is 10.6. The van der Waals surface area contributed by atoms with E-state index in [-0.39, 0.29) is 26.2 Å². The van der Waals surface area contributed by atoms with Crippen molar-refractivity contribution in [1.29, 1.82) is 0 Å². The first kappa shape index (κ1) is 12.2. The molecule has 0 N–H and O–H groups in total. The first-order chi connectivity index (χ1) is 6.74. The van der Waals surface area contributed by atoms with Crippen LogP contribution in [0.2, 0.25) is 0 Å². The zero-order chi connectivity index (χ0) is 10.8. The Hall–Kier alpha value is -1.85. The quantitative estimate of drug-likeness (QED) is 0.227. The minimum absolute atomic E-state index is 0.160. The molecule has 0 aromatic carbocycles. The number of rotatable bonds is 8. The molecule has 0 aromatic heterocycles. The lowest BCUT2D eigenvalue weighted by molar-refractivity contribution is -0.152. The van der Waals surface area contributed by atoms with E-state index in [2.05, 4.69) is 20.8 Å². The standard InChI is InChI=1S/C8H10O6/c1-2-8(11)13-4-7(14-6-10)3-12-5-9/h2,5-7H,1,3-4H2. The second kappa shape index (κ2) is 7.78. The summed E-state index contributed by atoms with van der Waals surface area (Å²) >= 11 is 0. The maximum absolute atomic E-state index is 10.6. The van der Waals surface area contributed by atoms with Crippen LogP contribution in [0.1, 0.15) is 0 Å². The normalized spacial score (nSPS) is 10.9. The van der Waals surface area contributed by atoms with E-state index in [0.29, 0.717) is 0 Å². The van der Waals surface area contributed by atoms with Gasteiger partial charge in [-0.15, -0.1) is 0 Å². The highest BCUT2D eigenvalue weighted by molar-refractivity contribution is 5.81. The second-order valence-corrected chi connectivity index (χ2v) is 2.12. The second-order valence-electron chi connectivity index (χ2n) is 2.12. The van der Waals surface area contributed by atoms with Gasteiger partial charge in [-0.1, -0.05) is 6.58 Å². The fraction of sp³-hybridized carbons (Fsp3) is 0.375. The molecule has 0 aliphatic carbocycles. The van der Waals surface area contributed by atoms with Crippen LogP contribution < -0.4 is 0 Å². The molecule has 0 rings (SSSR count). The van der Waals surface area contributed by atoms with Gasteiger partial charge in [0.25, 0.3) is 12.9 Å². The lowest BCUT2D eigenvalue weighted by atomic mass is 10.4. The Labute approximate surface area is 80.4 Å². The third-order valence-electron chi connectivity index (χ3n) is 1.18. The monoisotopic (exact) mass is 202 g/mol. The molecule has 1 unspecified atom stereocenters. The van der Waals surface area contributed by atoms with Crippen LogP contribution in [0.3, 0.4) is 0 Å². The molecule has 6 nitrogen and oxygen atoms in total. The van der Waals surface area contributed by atoms with Crippen LogP contribution in [0.4, 0.5) is 0 Å². The summed E-state index contributed by atoms with van der Waals surface area (Å²) in [4.78, 5) is 30.4. The van der Waals surface area contributed by atoms with E-state index >= 15 is 0 Å². The number of esters is 1. The van der Waals surface area contributed by atoms with Gasteiger partial charge in [0, 0.05) is 6.08 Å². The van der Waals surface area contributed by atoms with Crippen LogP contribution in [0.25, 0.3) is 0 Å². The van der Waals surface area contributed by atoms with Gasteiger partial charge in [0.15, 0.2) is 6.10 Å². The van der Waals surface area contributed by atoms with Crippen molar-refractivity contribution in [3.8, 4) is 0 Å². The maximum Gasteiger partial charge on any atom is 0.330 e. The first-order valence-electron chi connectivity index (χ1n) is 3.68. The Morgan fingerprint density at radius 3 is 2.50 bits per heavy atom. The van der Waals surface area contributed by atoms with Crippen molar-refractivity contribution in [3.63, 3.8) is 0 Å². The Morgan fingerprint density at radius 2 is 2.00 bits per heavy atom. The van der Waals surface area contributed by atoms with E-state index in [1.807, 2.05) is 0 Å². The molecule has 14 heavy (non-hydrogen) atoms. The van der Waals surface area contributed by atoms with Gasteiger partial charge in [-0.3, -0.25) is 9.59 Å². The zero-order valence-corrected chi connectivity index (χ0v) is 7.38. The predicted molar refractivity (Wildman–Crippen MR) is 44.1 cm³/mol. The van der Waals surface area contributed by atoms with E-state index in [0.717, 1.165) is 6.08 Å². The molecule has 0 bridgehead atoms. The average Bonchev–Trinajstić information content (AvgIpc) is 2.21. The smallest absolute Gasteiger partial charge is 0.330 e. The number of hydrogen-bond donors (Lipinski definition) is 0. The van der Waals surface area contributed by atoms with Crippen molar-refractivity contribution in [3.05, 3.63) is 12.7 Å². The van der Waals surface area contributed by atoms with Gasteiger partial charge < -0.3 is 14.2 Å². The predicted octanol–water partition coefficient (Wildman–Crippen LogP) is -0.570. The van der Waals surface area contributed by atoms with Gasteiger partial charge in [0.1, 0.15) is 13.2 Å². The molecule has 0 heterocycles. The summed E-state index contributed by atoms with van der Waals surface area (Å²) in [6.45, 7) is 3.22. The van der Waals surface area contributed by atoms with Crippen molar-refractivity contribution >= 4 is 18.9 Å². The minimum atomic E-state index is -0.790. The largest absolute Gasteiger partial charge is 0.464 e. The van der Waals surface area contributed by atoms with Crippen molar-refractivity contribution < 1.29 is 28.6 Å². The molecule has 78 valence electrons. The molecule has 0 aliphatic rings. The lowest BCUT2D eigenvalue weighted by Crippen LogP contribution is -2.26. The molecule has 0 spiro atoms. The van der Waals surface area contributed by atoms with Crippen molar-refractivity contribution in [2.45, 2.75) is 6.10 Å². The summed E-state index contributed by atoms with van der Waals surface area (Å²) in [6.07, 6.45) is 0.181.